The lowest BCUT2D eigenvalue weighted by atomic mass is 10.1. The molecule has 0 aromatic carbocycles. The maximum Gasteiger partial charge on any atom is 0.160 e. The highest BCUT2D eigenvalue weighted by Crippen LogP contribution is 2.20. The first-order valence-corrected chi connectivity index (χ1v) is 8.17. The summed E-state index contributed by atoms with van der Waals surface area (Å²) in [5, 5.41) is 16.1. The van der Waals surface area contributed by atoms with Crippen LogP contribution in [-0.4, -0.2) is 34.5 Å². The van der Waals surface area contributed by atoms with Gasteiger partial charge in [0.1, 0.15) is 11.5 Å². The Bertz CT molecular complexity index is 808. The molecular weight excluding hydrogens is 290 g/mol. The van der Waals surface area contributed by atoms with Crippen LogP contribution < -0.4 is 0 Å². The zero-order valence-corrected chi connectivity index (χ0v) is 13.5. The quantitative estimate of drug-likeness (QED) is 0.782. The van der Waals surface area contributed by atoms with Crippen molar-refractivity contribution in [2.45, 2.75) is 46.2 Å². The molecule has 0 radical (unpaired) electrons. The van der Waals surface area contributed by atoms with Crippen molar-refractivity contribution in [1.82, 2.24) is 34.5 Å². The largest absolute Gasteiger partial charge is 0.322 e. The van der Waals surface area contributed by atoms with Crippen LogP contribution in [0.15, 0.2) is 18.5 Å². The summed E-state index contributed by atoms with van der Waals surface area (Å²) in [4.78, 5) is 4.48. The van der Waals surface area contributed by atoms with Gasteiger partial charge in [0, 0.05) is 31.1 Å². The van der Waals surface area contributed by atoms with Crippen LogP contribution in [-0.2, 0) is 25.9 Å². The number of hydrogen-bond donors (Lipinski definition) is 1. The summed E-state index contributed by atoms with van der Waals surface area (Å²) >= 11 is 0. The van der Waals surface area contributed by atoms with E-state index in [1.165, 1.54) is 0 Å². The van der Waals surface area contributed by atoms with E-state index in [-0.39, 0.29) is 0 Å². The molecule has 3 aromatic heterocycles. The normalized spacial score (nSPS) is 13.9. The molecule has 1 N–H and O–H groups in total. The molecule has 0 amide bonds. The second kappa shape index (κ2) is 5.64. The van der Waals surface area contributed by atoms with Gasteiger partial charge in [-0.25, -0.2) is 4.98 Å². The number of nitrogens with zero attached hydrogens (tertiary/aromatic N) is 6. The maximum absolute atomic E-state index is 4.48. The minimum atomic E-state index is 0.599. The standard InChI is InChI=1S/C16H21N7/c1-11(2)8-12-9-13(19-18-12)16-17-5-7-22(16)10-15-21-20-14-4-3-6-23(14)15/h5,7,9,11H,3-4,6,8,10H2,1-2H3,(H,18,19). The first-order chi connectivity index (χ1) is 11.2. The van der Waals surface area contributed by atoms with Gasteiger partial charge in [-0.1, -0.05) is 13.8 Å². The molecule has 1 aliphatic heterocycles. The molecule has 0 fully saturated rings. The van der Waals surface area contributed by atoms with Crippen molar-refractivity contribution in [3.8, 4) is 11.5 Å². The van der Waals surface area contributed by atoms with E-state index in [1.54, 1.807) is 0 Å². The van der Waals surface area contributed by atoms with Gasteiger partial charge in [0.25, 0.3) is 0 Å². The van der Waals surface area contributed by atoms with Crippen LogP contribution in [0, 0.1) is 5.92 Å². The Morgan fingerprint density at radius 2 is 2.22 bits per heavy atom. The lowest BCUT2D eigenvalue weighted by Crippen LogP contribution is -2.08. The van der Waals surface area contributed by atoms with Gasteiger partial charge in [-0.2, -0.15) is 5.10 Å². The summed E-state index contributed by atoms with van der Waals surface area (Å²) in [6.07, 6.45) is 6.97. The molecule has 0 saturated carbocycles. The van der Waals surface area contributed by atoms with E-state index in [0.717, 1.165) is 54.7 Å². The Hall–Kier alpha value is -2.44. The third-order valence-electron chi connectivity index (χ3n) is 4.20. The van der Waals surface area contributed by atoms with E-state index in [2.05, 4.69) is 54.4 Å². The molecule has 0 unspecified atom stereocenters. The number of hydrogen-bond acceptors (Lipinski definition) is 4. The average molecular weight is 311 g/mol. The molecule has 120 valence electrons. The van der Waals surface area contributed by atoms with Crippen molar-refractivity contribution < 1.29 is 0 Å². The number of fused-ring (bicyclic) bond motifs is 1. The summed E-state index contributed by atoms with van der Waals surface area (Å²) in [5.41, 5.74) is 2.03. The van der Waals surface area contributed by atoms with E-state index in [9.17, 15) is 0 Å². The first-order valence-electron chi connectivity index (χ1n) is 8.17. The molecule has 0 atom stereocenters. The molecule has 7 heteroatoms. The van der Waals surface area contributed by atoms with E-state index < -0.39 is 0 Å². The van der Waals surface area contributed by atoms with Crippen molar-refractivity contribution in [3.05, 3.63) is 35.8 Å². The smallest absolute Gasteiger partial charge is 0.160 e. The molecule has 0 aliphatic carbocycles. The number of H-pyrrole nitrogens is 1. The third kappa shape index (κ3) is 2.67. The van der Waals surface area contributed by atoms with Gasteiger partial charge >= 0.3 is 0 Å². The monoisotopic (exact) mass is 311 g/mol. The Kier molecular flexibility index (Phi) is 3.48. The number of aryl methyl sites for hydroxylation is 1. The van der Waals surface area contributed by atoms with E-state index in [1.807, 2.05) is 12.4 Å². The highest BCUT2D eigenvalue weighted by Gasteiger charge is 2.19. The number of aromatic nitrogens is 7. The minimum absolute atomic E-state index is 0.599. The minimum Gasteiger partial charge on any atom is -0.322 e. The Morgan fingerprint density at radius 1 is 1.30 bits per heavy atom. The fourth-order valence-corrected chi connectivity index (χ4v) is 3.17. The number of aromatic amines is 1. The van der Waals surface area contributed by atoms with Crippen LogP contribution in [0.1, 0.15) is 37.6 Å². The van der Waals surface area contributed by atoms with Crippen LogP contribution in [0.25, 0.3) is 11.5 Å². The van der Waals surface area contributed by atoms with E-state index in [4.69, 9.17) is 0 Å². The van der Waals surface area contributed by atoms with Crippen LogP contribution in [0.4, 0.5) is 0 Å². The van der Waals surface area contributed by atoms with Gasteiger partial charge in [-0.15, -0.1) is 10.2 Å². The fraction of sp³-hybridized carbons (Fsp3) is 0.500. The number of nitrogens with one attached hydrogen (secondary N) is 1. The van der Waals surface area contributed by atoms with Crippen LogP contribution >= 0.6 is 0 Å². The summed E-state index contributed by atoms with van der Waals surface area (Å²) < 4.78 is 4.31. The number of rotatable bonds is 5. The van der Waals surface area contributed by atoms with Gasteiger partial charge in [-0.3, -0.25) is 5.10 Å². The van der Waals surface area contributed by atoms with Crippen molar-refractivity contribution in [2.75, 3.05) is 0 Å². The Morgan fingerprint density at radius 3 is 3.09 bits per heavy atom. The second-order valence-electron chi connectivity index (χ2n) is 6.54. The lowest BCUT2D eigenvalue weighted by Gasteiger charge is -2.06. The first kappa shape index (κ1) is 14.2. The van der Waals surface area contributed by atoms with Gasteiger partial charge in [0.05, 0.1) is 6.54 Å². The molecule has 1 aliphatic rings. The van der Waals surface area contributed by atoms with Crippen LogP contribution in [0.5, 0.6) is 0 Å². The van der Waals surface area contributed by atoms with Crippen molar-refractivity contribution in [1.29, 1.82) is 0 Å². The highest BCUT2D eigenvalue weighted by molar-refractivity contribution is 5.50. The molecular formula is C16H21N7. The molecule has 4 rings (SSSR count). The van der Waals surface area contributed by atoms with Gasteiger partial charge < -0.3 is 9.13 Å². The fourth-order valence-electron chi connectivity index (χ4n) is 3.17. The van der Waals surface area contributed by atoms with Crippen LogP contribution in [0.2, 0.25) is 0 Å². The zero-order valence-electron chi connectivity index (χ0n) is 13.5. The molecule has 0 spiro atoms. The second-order valence-corrected chi connectivity index (χ2v) is 6.54. The van der Waals surface area contributed by atoms with Gasteiger partial charge in [0.15, 0.2) is 11.6 Å². The Balaban J connectivity index is 1.59. The molecule has 0 bridgehead atoms. The van der Waals surface area contributed by atoms with Gasteiger partial charge in [0.2, 0.25) is 0 Å². The van der Waals surface area contributed by atoms with E-state index in [0.29, 0.717) is 12.5 Å². The van der Waals surface area contributed by atoms with Crippen molar-refractivity contribution in [3.63, 3.8) is 0 Å². The van der Waals surface area contributed by atoms with Crippen molar-refractivity contribution in [2.24, 2.45) is 5.92 Å². The lowest BCUT2D eigenvalue weighted by molar-refractivity contribution is 0.633. The molecule has 4 heterocycles. The highest BCUT2D eigenvalue weighted by atomic mass is 15.3. The Labute approximate surface area is 134 Å². The number of imidazole rings is 1. The maximum atomic E-state index is 4.48. The summed E-state index contributed by atoms with van der Waals surface area (Å²) in [7, 11) is 0. The predicted molar refractivity (Wildman–Crippen MR) is 85.8 cm³/mol. The summed E-state index contributed by atoms with van der Waals surface area (Å²) in [6, 6.07) is 2.09. The molecule has 0 saturated heterocycles. The average Bonchev–Trinajstić information content (AvgIpc) is 3.24. The summed E-state index contributed by atoms with van der Waals surface area (Å²) in [6.45, 7) is 6.10. The molecule has 7 nitrogen and oxygen atoms in total. The summed E-state index contributed by atoms with van der Waals surface area (Å²) in [5.74, 6) is 3.56. The van der Waals surface area contributed by atoms with Crippen molar-refractivity contribution >= 4 is 0 Å². The molecule has 3 aromatic rings. The zero-order chi connectivity index (χ0) is 15.8. The topological polar surface area (TPSA) is 77.2 Å². The van der Waals surface area contributed by atoms with Gasteiger partial charge in [-0.05, 0) is 24.8 Å². The van der Waals surface area contributed by atoms with Crippen LogP contribution in [0.3, 0.4) is 0 Å². The third-order valence-corrected chi connectivity index (χ3v) is 4.20. The predicted octanol–water partition coefficient (Wildman–Crippen LogP) is 2.06. The molecule has 23 heavy (non-hydrogen) atoms. The van der Waals surface area contributed by atoms with E-state index >= 15 is 0 Å². The SMILES string of the molecule is CC(C)Cc1cc(-c2nccn2Cc2nnc3n2CCC3)n[nH]1.